The van der Waals surface area contributed by atoms with E-state index in [0.717, 1.165) is 52.9 Å². The molecule has 3 atom stereocenters. The number of para-hydroxylation sites is 2. The summed E-state index contributed by atoms with van der Waals surface area (Å²) in [4.78, 5) is 27.3. The molecule has 1 aliphatic heterocycles. The molecule has 9 heteroatoms. The summed E-state index contributed by atoms with van der Waals surface area (Å²) < 4.78 is 13.2. The number of aliphatic hydroxyl groups is 1. The van der Waals surface area contributed by atoms with Gasteiger partial charge >= 0.3 is 0 Å². The van der Waals surface area contributed by atoms with E-state index in [4.69, 9.17) is 15.2 Å². The number of carbonyl (C=O) groups excluding carboxylic acids is 2. The summed E-state index contributed by atoms with van der Waals surface area (Å²) in [6.07, 6.45) is 2.92. The van der Waals surface area contributed by atoms with Crippen LogP contribution >= 0.6 is 0 Å². The fraction of sp³-hybridized carbons (Fsp3) is 0.304. The molecule has 5 aromatic rings. The van der Waals surface area contributed by atoms with Crippen LogP contribution in [-0.2, 0) is 38.8 Å². The summed E-state index contributed by atoms with van der Waals surface area (Å²) in [7, 11) is 2.12. The predicted molar refractivity (Wildman–Crippen MR) is 217 cm³/mol. The predicted octanol–water partition coefficient (Wildman–Crippen LogP) is 8.31. The summed E-state index contributed by atoms with van der Waals surface area (Å²) in [5.74, 6) is -0.0885. The Hall–Kier alpha value is -5.32. The minimum atomic E-state index is -0.549. The Morgan fingerprint density at radius 3 is 2.16 bits per heavy atom. The molecule has 0 saturated carbocycles. The quantitative estimate of drug-likeness (QED) is 0.0558. The van der Waals surface area contributed by atoms with E-state index >= 15 is 0 Å². The number of aliphatic hydroxyl groups excluding tert-OH is 1. The zero-order valence-electron chi connectivity index (χ0n) is 31.5. The number of rotatable bonds is 17. The first-order valence-corrected chi connectivity index (χ1v) is 19.2. The fourth-order valence-corrected chi connectivity index (χ4v) is 6.97. The molecule has 0 radical (unpaired) electrons. The zero-order chi connectivity index (χ0) is 38.4. The lowest BCUT2D eigenvalue weighted by atomic mass is 9.97. The number of nitrogens with one attached hydrogen (secondary N) is 2. The van der Waals surface area contributed by atoms with Crippen molar-refractivity contribution >= 4 is 23.2 Å². The first-order valence-electron chi connectivity index (χ1n) is 19.2. The number of benzene rings is 5. The van der Waals surface area contributed by atoms with E-state index in [1.165, 1.54) is 5.56 Å². The van der Waals surface area contributed by atoms with Gasteiger partial charge in [0, 0.05) is 44.5 Å². The van der Waals surface area contributed by atoms with Gasteiger partial charge in [0.2, 0.25) is 11.8 Å². The van der Waals surface area contributed by atoms with Gasteiger partial charge in [-0.25, -0.2) is 0 Å². The molecule has 9 nitrogen and oxygen atoms in total. The van der Waals surface area contributed by atoms with Gasteiger partial charge in [-0.3, -0.25) is 14.5 Å². The number of nitrogens with zero attached hydrogens (tertiary/aromatic N) is 1. The van der Waals surface area contributed by atoms with Crippen molar-refractivity contribution in [2.45, 2.75) is 76.7 Å². The fourth-order valence-electron chi connectivity index (χ4n) is 6.97. The molecule has 286 valence electrons. The third kappa shape index (κ3) is 11.6. The van der Waals surface area contributed by atoms with Crippen molar-refractivity contribution in [1.82, 2.24) is 10.2 Å². The molecule has 0 spiro atoms. The maximum Gasteiger partial charge on any atom is 0.224 e. The highest BCUT2D eigenvalue weighted by Crippen LogP contribution is 2.39. The number of hydrogen-bond acceptors (Lipinski definition) is 7. The SMILES string of the molecule is CN(Cc1ccccc1)C[C@H]1C[C@@H](c2ccc(CO)cc2)O[C@@H](c2ccc(-c3ccccc3CNC(=O)CCCCCC(=O)Nc3ccccc3N)cc2)O1. The molecule has 5 aromatic carbocycles. The van der Waals surface area contributed by atoms with E-state index < -0.39 is 6.29 Å². The zero-order valence-corrected chi connectivity index (χ0v) is 31.5. The van der Waals surface area contributed by atoms with Crippen LogP contribution in [-0.4, -0.2) is 41.5 Å². The third-order valence-corrected chi connectivity index (χ3v) is 9.96. The van der Waals surface area contributed by atoms with Gasteiger partial charge in [-0.15, -0.1) is 0 Å². The third-order valence-electron chi connectivity index (χ3n) is 9.96. The van der Waals surface area contributed by atoms with Crippen LogP contribution in [0.2, 0.25) is 0 Å². The lowest BCUT2D eigenvalue weighted by Crippen LogP contribution is -2.37. The summed E-state index contributed by atoms with van der Waals surface area (Å²) in [5, 5.41) is 15.5. The lowest BCUT2D eigenvalue weighted by molar-refractivity contribution is -0.252. The topological polar surface area (TPSA) is 126 Å². The number of likely N-dealkylation sites (N-methyl/N-ethyl adjacent to an activating group) is 1. The van der Waals surface area contributed by atoms with Crippen LogP contribution in [0.1, 0.15) is 78.7 Å². The van der Waals surface area contributed by atoms with Crippen molar-refractivity contribution in [2.24, 2.45) is 0 Å². The number of carbonyl (C=O) groups is 2. The average molecular weight is 741 g/mol. The van der Waals surface area contributed by atoms with E-state index in [1.807, 2.05) is 60.7 Å². The van der Waals surface area contributed by atoms with Crippen molar-refractivity contribution in [3.63, 3.8) is 0 Å². The van der Waals surface area contributed by atoms with Gasteiger partial charge in [0.05, 0.1) is 30.2 Å². The molecular formula is C46H52N4O5. The van der Waals surface area contributed by atoms with Gasteiger partial charge in [-0.05, 0) is 65.4 Å². The first-order chi connectivity index (χ1) is 26.8. The Balaban J connectivity index is 1.03. The first kappa shape index (κ1) is 39.4. The molecule has 0 aliphatic carbocycles. The molecule has 5 N–H and O–H groups in total. The second-order valence-electron chi connectivity index (χ2n) is 14.3. The largest absolute Gasteiger partial charge is 0.397 e. The standard InChI is InChI=1S/C46H52N4O5/c1-50(30-33-12-4-2-5-13-33)31-39-28-43(36-22-20-34(32-51)21-23-36)55-46(54-39)37-26-24-35(25-27-37)40-15-9-8-14-38(40)29-48-44(52)18-6-3-7-19-45(53)49-42-17-11-10-16-41(42)47/h2,4-5,8-17,20-27,39,43,46,51H,3,6-7,18-19,28-32,47H2,1H3,(H,48,52)(H,49,53)/t39-,43+,46+/m1/s1. The Kier molecular flexibility index (Phi) is 14.2. The van der Waals surface area contributed by atoms with Crippen LogP contribution < -0.4 is 16.4 Å². The second-order valence-corrected chi connectivity index (χ2v) is 14.3. The van der Waals surface area contributed by atoms with Crippen LogP contribution in [0.25, 0.3) is 11.1 Å². The van der Waals surface area contributed by atoms with E-state index in [1.54, 1.807) is 12.1 Å². The molecule has 1 fully saturated rings. The highest BCUT2D eigenvalue weighted by atomic mass is 16.7. The second kappa shape index (κ2) is 19.8. The minimum Gasteiger partial charge on any atom is -0.397 e. The highest BCUT2D eigenvalue weighted by Gasteiger charge is 2.33. The summed E-state index contributed by atoms with van der Waals surface area (Å²) in [5.41, 5.74) is 14.3. The molecule has 0 unspecified atom stereocenters. The number of nitrogens with two attached hydrogens (primary N) is 1. The highest BCUT2D eigenvalue weighted by molar-refractivity contribution is 5.93. The molecule has 2 amide bonds. The van der Waals surface area contributed by atoms with E-state index in [2.05, 4.69) is 77.2 Å². The number of ether oxygens (including phenoxy) is 2. The molecule has 55 heavy (non-hydrogen) atoms. The molecule has 1 heterocycles. The lowest BCUT2D eigenvalue weighted by Gasteiger charge is -2.38. The van der Waals surface area contributed by atoms with E-state index in [9.17, 15) is 14.7 Å². The van der Waals surface area contributed by atoms with Crippen LogP contribution in [0.4, 0.5) is 11.4 Å². The molecule has 1 saturated heterocycles. The normalized spacial score (nSPS) is 16.8. The van der Waals surface area contributed by atoms with E-state index in [-0.39, 0.29) is 30.6 Å². The minimum absolute atomic E-state index is 0.00184. The monoisotopic (exact) mass is 740 g/mol. The number of amides is 2. The van der Waals surface area contributed by atoms with E-state index in [0.29, 0.717) is 50.0 Å². The van der Waals surface area contributed by atoms with Gasteiger partial charge in [0.15, 0.2) is 6.29 Å². The number of hydrogen-bond donors (Lipinski definition) is 4. The van der Waals surface area contributed by atoms with Crippen molar-refractivity contribution in [3.8, 4) is 11.1 Å². The summed E-state index contributed by atoms with van der Waals surface area (Å²) >= 11 is 0. The number of nitrogen functional groups attached to an aromatic ring is 1. The van der Waals surface area contributed by atoms with Gasteiger partial charge in [0.1, 0.15) is 0 Å². The Morgan fingerprint density at radius 1 is 0.745 bits per heavy atom. The molecular weight excluding hydrogens is 689 g/mol. The number of unbranched alkanes of at least 4 members (excludes halogenated alkanes) is 2. The van der Waals surface area contributed by atoms with Crippen LogP contribution in [0, 0.1) is 0 Å². The van der Waals surface area contributed by atoms with Gasteiger partial charge in [-0.2, -0.15) is 0 Å². The Labute approximate surface area is 324 Å². The van der Waals surface area contributed by atoms with Crippen molar-refractivity contribution < 1.29 is 24.2 Å². The Bertz CT molecular complexity index is 1970. The molecule has 6 rings (SSSR count). The number of anilines is 2. The maximum absolute atomic E-state index is 12.8. The van der Waals surface area contributed by atoms with Crippen molar-refractivity contribution in [3.05, 3.63) is 155 Å². The van der Waals surface area contributed by atoms with Crippen LogP contribution in [0.3, 0.4) is 0 Å². The van der Waals surface area contributed by atoms with Gasteiger partial charge in [0.25, 0.3) is 0 Å². The molecule has 0 bridgehead atoms. The van der Waals surface area contributed by atoms with Crippen molar-refractivity contribution in [1.29, 1.82) is 0 Å². The smallest absolute Gasteiger partial charge is 0.224 e. The average Bonchev–Trinajstić information content (AvgIpc) is 3.21. The molecule has 1 aliphatic rings. The summed E-state index contributed by atoms with van der Waals surface area (Å²) in [6.45, 7) is 1.99. The summed E-state index contributed by atoms with van der Waals surface area (Å²) in [6, 6.07) is 42.0. The van der Waals surface area contributed by atoms with Gasteiger partial charge in [-0.1, -0.05) is 122 Å². The van der Waals surface area contributed by atoms with Crippen LogP contribution in [0.15, 0.2) is 127 Å². The van der Waals surface area contributed by atoms with Crippen LogP contribution in [0.5, 0.6) is 0 Å². The van der Waals surface area contributed by atoms with Crippen molar-refractivity contribution in [2.75, 3.05) is 24.6 Å². The molecule has 0 aromatic heterocycles. The Morgan fingerprint density at radius 2 is 1.42 bits per heavy atom. The van der Waals surface area contributed by atoms with Gasteiger partial charge < -0.3 is 30.9 Å². The maximum atomic E-state index is 12.8.